The number of imidazole rings is 1. The lowest BCUT2D eigenvalue weighted by molar-refractivity contribution is 0.419. The minimum atomic E-state index is -0.0893. The minimum absolute atomic E-state index is 0.0893. The second-order valence-electron chi connectivity index (χ2n) is 5.68. The van der Waals surface area contributed by atoms with Crippen LogP contribution >= 0.6 is 11.6 Å². The summed E-state index contributed by atoms with van der Waals surface area (Å²) in [6.45, 7) is 3.01. The summed E-state index contributed by atoms with van der Waals surface area (Å²) < 4.78 is 7.72. The molecule has 0 aliphatic heterocycles. The fourth-order valence-electron chi connectivity index (χ4n) is 3.25. The van der Waals surface area contributed by atoms with Gasteiger partial charge in [-0.3, -0.25) is 0 Å². The first kappa shape index (κ1) is 13.7. The Kier molecular flexibility index (Phi) is 3.88. The fraction of sp³-hybridized carbons (Fsp3) is 0.562. The van der Waals surface area contributed by atoms with Gasteiger partial charge in [-0.2, -0.15) is 0 Å². The van der Waals surface area contributed by atoms with Crippen LogP contribution in [0, 0.1) is 5.92 Å². The zero-order valence-corrected chi connectivity index (χ0v) is 12.9. The van der Waals surface area contributed by atoms with E-state index in [4.69, 9.17) is 21.3 Å². The van der Waals surface area contributed by atoms with Gasteiger partial charge in [0.15, 0.2) is 0 Å². The second-order valence-corrected chi connectivity index (χ2v) is 6.33. The van der Waals surface area contributed by atoms with E-state index in [9.17, 15) is 0 Å². The summed E-state index contributed by atoms with van der Waals surface area (Å²) in [6, 6.07) is 6.09. The molecule has 2 aromatic rings. The lowest BCUT2D eigenvalue weighted by Gasteiger charge is -2.15. The van der Waals surface area contributed by atoms with E-state index in [0.717, 1.165) is 35.1 Å². The maximum absolute atomic E-state index is 6.34. The molecule has 1 aliphatic carbocycles. The molecule has 0 saturated heterocycles. The van der Waals surface area contributed by atoms with E-state index < -0.39 is 0 Å². The van der Waals surface area contributed by atoms with Gasteiger partial charge in [0, 0.05) is 6.54 Å². The van der Waals surface area contributed by atoms with E-state index in [0.29, 0.717) is 0 Å². The third-order valence-electron chi connectivity index (χ3n) is 4.26. The van der Waals surface area contributed by atoms with Crippen molar-refractivity contribution in [1.82, 2.24) is 9.55 Å². The first-order chi connectivity index (χ1) is 9.70. The summed E-state index contributed by atoms with van der Waals surface area (Å²) in [5.41, 5.74) is 2.06. The zero-order chi connectivity index (χ0) is 14.1. The molecule has 1 aromatic carbocycles. The van der Waals surface area contributed by atoms with Gasteiger partial charge in [0.25, 0.3) is 0 Å². The smallest absolute Gasteiger partial charge is 0.146 e. The zero-order valence-electron chi connectivity index (χ0n) is 12.1. The van der Waals surface area contributed by atoms with Gasteiger partial charge in [-0.1, -0.05) is 18.9 Å². The number of aromatic nitrogens is 2. The third-order valence-corrected chi connectivity index (χ3v) is 4.46. The van der Waals surface area contributed by atoms with Gasteiger partial charge in [-0.05, 0) is 37.8 Å². The molecule has 1 unspecified atom stereocenters. The van der Waals surface area contributed by atoms with E-state index in [-0.39, 0.29) is 5.38 Å². The summed E-state index contributed by atoms with van der Waals surface area (Å²) in [4.78, 5) is 4.73. The molecule has 1 saturated carbocycles. The first-order valence-corrected chi connectivity index (χ1v) is 7.81. The van der Waals surface area contributed by atoms with Gasteiger partial charge < -0.3 is 9.30 Å². The van der Waals surface area contributed by atoms with Gasteiger partial charge in [0.05, 0.1) is 18.0 Å². The van der Waals surface area contributed by atoms with Gasteiger partial charge in [0.2, 0.25) is 0 Å². The van der Waals surface area contributed by atoms with Crippen molar-refractivity contribution in [2.75, 3.05) is 7.11 Å². The number of hydrogen-bond acceptors (Lipinski definition) is 2. The predicted octanol–water partition coefficient (Wildman–Crippen LogP) is 4.53. The Morgan fingerprint density at radius 3 is 2.80 bits per heavy atom. The molecule has 4 heteroatoms. The molecule has 3 nitrogen and oxygen atoms in total. The normalized spacial score (nSPS) is 17.8. The Hall–Kier alpha value is -1.22. The molecule has 20 heavy (non-hydrogen) atoms. The molecule has 1 aromatic heterocycles. The monoisotopic (exact) mass is 292 g/mol. The number of hydrogen-bond donors (Lipinski definition) is 0. The molecule has 0 bridgehead atoms. The van der Waals surface area contributed by atoms with E-state index in [2.05, 4.69) is 10.6 Å². The first-order valence-electron chi connectivity index (χ1n) is 7.38. The van der Waals surface area contributed by atoms with Crippen LogP contribution in [0.3, 0.4) is 0 Å². The Labute approximate surface area is 124 Å². The molecule has 1 aliphatic rings. The number of halogens is 1. The minimum Gasteiger partial charge on any atom is -0.494 e. The Morgan fingerprint density at radius 2 is 2.15 bits per heavy atom. The fourth-order valence-corrected chi connectivity index (χ4v) is 3.42. The third kappa shape index (κ3) is 2.39. The molecule has 3 rings (SSSR count). The topological polar surface area (TPSA) is 27.1 Å². The summed E-state index contributed by atoms with van der Waals surface area (Å²) in [5.74, 6) is 2.54. The van der Waals surface area contributed by atoms with Gasteiger partial charge >= 0.3 is 0 Å². The number of nitrogens with zero attached hydrogens (tertiary/aromatic N) is 2. The largest absolute Gasteiger partial charge is 0.494 e. The second kappa shape index (κ2) is 5.65. The van der Waals surface area contributed by atoms with E-state index in [1.54, 1.807) is 7.11 Å². The van der Waals surface area contributed by atoms with Crippen LogP contribution in [0.4, 0.5) is 0 Å². The molecule has 1 heterocycles. The Balaban J connectivity index is 2.08. The number of fused-ring (bicyclic) bond motifs is 1. The molecule has 108 valence electrons. The van der Waals surface area contributed by atoms with Crippen LogP contribution in [0.25, 0.3) is 11.0 Å². The van der Waals surface area contributed by atoms with E-state index in [1.165, 1.54) is 25.7 Å². The lowest BCUT2D eigenvalue weighted by Crippen LogP contribution is -2.11. The number of rotatable bonds is 4. The molecule has 0 spiro atoms. The summed E-state index contributed by atoms with van der Waals surface area (Å²) in [7, 11) is 1.69. The van der Waals surface area contributed by atoms with Gasteiger partial charge in [0.1, 0.15) is 17.1 Å². The SMILES string of the molecule is COc1cccc2c1nc(C(C)Cl)n2CC1CCCC1. The number of para-hydroxylation sites is 1. The molecule has 1 atom stereocenters. The summed E-state index contributed by atoms with van der Waals surface area (Å²) >= 11 is 6.34. The highest BCUT2D eigenvalue weighted by Gasteiger charge is 2.22. The standard InChI is InChI=1S/C16H21ClN2O/c1-11(17)16-18-15-13(8-5-9-14(15)20-2)19(16)10-12-6-3-4-7-12/h5,8-9,11-12H,3-4,6-7,10H2,1-2H3. The highest BCUT2D eigenvalue weighted by Crippen LogP contribution is 2.33. The van der Waals surface area contributed by atoms with Crippen molar-refractivity contribution in [1.29, 1.82) is 0 Å². The summed E-state index contributed by atoms with van der Waals surface area (Å²) in [6.07, 6.45) is 5.35. The predicted molar refractivity (Wildman–Crippen MR) is 82.5 cm³/mol. The highest BCUT2D eigenvalue weighted by atomic mass is 35.5. The van der Waals surface area contributed by atoms with Crippen LogP contribution in [-0.2, 0) is 6.54 Å². The average molecular weight is 293 g/mol. The van der Waals surface area contributed by atoms with Crippen LogP contribution in [-0.4, -0.2) is 16.7 Å². The van der Waals surface area contributed by atoms with Gasteiger partial charge in [-0.25, -0.2) is 4.98 Å². The molecular formula is C16H21ClN2O. The molecule has 1 fully saturated rings. The van der Waals surface area contributed by atoms with Crippen molar-refractivity contribution >= 4 is 22.6 Å². The van der Waals surface area contributed by atoms with Crippen LogP contribution in [0.1, 0.15) is 43.8 Å². The molecule has 0 amide bonds. The van der Waals surface area contributed by atoms with Crippen molar-refractivity contribution < 1.29 is 4.74 Å². The Morgan fingerprint density at radius 1 is 1.40 bits per heavy atom. The lowest BCUT2D eigenvalue weighted by atomic mass is 10.1. The van der Waals surface area contributed by atoms with Crippen LogP contribution < -0.4 is 4.74 Å². The number of alkyl halides is 1. The van der Waals surface area contributed by atoms with Gasteiger partial charge in [-0.15, -0.1) is 11.6 Å². The number of ether oxygens (including phenoxy) is 1. The highest BCUT2D eigenvalue weighted by molar-refractivity contribution is 6.20. The molecular weight excluding hydrogens is 272 g/mol. The van der Waals surface area contributed by atoms with Crippen molar-refractivity contribution in [3.63, 3.8) is 0 Å². The summed E-state index contributed by atoms with van der Waals surface area (Å²) in [5, 5.41) is -0.0893. The molecule has 0 N–H and O–H groups in total. The number of benzene rings is 1. The van der Waals surface area contributed by atoms with Crippen molar-refractivity contribution in [2.24, 2.45) is 5.92 Å². The maximum Gasteiger partial charge on any atom is 0.146 e. The maximum atomic E-state index is 6.34. The molecule has 0 radical (unpaired) electrons. The van der Waals surface area contributed by atoms with Crippen LogP contribution in [0.2, 0.25) is 0 Å². The van der Waals surface area contributed by atoms with E-state index in [1.807, 2.05) is 19.1 Å². The van der Waals surface area contributed by atoms with Crippen LogP contribution in [0.5, 0.6) is 5.75 Å². The van der Waals surface area contributed by atoms with Crippen molar-refractivity contribution in [2.45, 2.75) is 44.5 Å². The van der Waals surface area contributed by atoms with Crippen LogP contribution in [0.15, 0.2) is 18.2 Å². The van der Waals surface area contributed by atoms with Crippen molar-refractivity contribution in [3.8, 4) is 5.75 Å². The quantitative estimate of drug-likeness (QED) is 0.774. The van der Waals surface area contributed by atoms with E-state index >= 15 is 0 Å². The Bertz CT molecular complexity index is 600. The average Bonchev–Trinajstić information content (AvgIpc) is 3.07. The number of methoxy groups -OCH3 is 1. The van der Waals surface area contributed by atoms with Crippen molar-refractivity contribution in [3.05, 3.63) is 24.0 Å².